The first kappa shape index (κ1) is 18.4. The van der Waals surface area contributed by atoms with E-state index in [0.29, 0.717) is 17.9 Å². The number of amides is 1. The number of aryl methyl sites for hydroxylation is 3. The first-order valence-electron chi connectivity index (χ1n) is 8.44. The van der Waals surface area contributed by atoms with Crippen molar-refractivity contribution in [2.45, 2.75) is 27.3 Å². The number of carbonyl (C=O) groups is 2. The van der Waals surface area contributed by atoms with Crippen LogP contribution < -0.4 is 5.32 Å². The van der Waals surface area contributed by atoms with Crippen LogP contribution in [0.4, 0.5) is 5.69 Å². The number of carboxylic acid groups (broad SMARTS) is 1. The van der Waals surface area contributed by atoms with Crippen molar-refractivity contribution >= 4 is 17.6 Å². The van der Waals surface area contributed by atoms with Crippen LogP contribution in [0.5, 0.6) is 0 Å². The van der Waals surface area contributed by atoms with Crippen LogP contribution in [0.1, 0.15) is 43.4 Å². The fourth-order valence-electron chi connectivity index (χ4n) is 2.93. The highest BCUT2D eigenvalue weighted by atomic mass is 16.4. The molecule has 0 aliphatic rings. The molecule has 0 radical (unpaired) electrons. The van der Waals surface area contributed by atoms with Gasteiger partial charge in [0.05, 0.1) is 29.8 Å². The summed E-state index contributed by atoms with van der Waals surface area (Å²) in [6.45, 7) is 6.28. The van der Waals surface area contributed by atoms with Crippen LogP contribution in [-0.2, 0) is 13.6 Å². The predicted molar refractivity (Wildman–Crippen MR) is 100 cm³/mol. The highest BCUT2D eigenvalue weighted by Gasteiger charge is 2.23. The van der Waals surface area contributed by atoms with Crippen LogP contribution in [0.3, 0.4) is 0 Å². The summed E-state index contributed by atoms with van der Waals surface area (Å²) in [4.78, 5) is 24.0. The van der Waals surface area contributed by atoms with Gasteiger partial charge in [-0.25, -0.2) is 4.79 Å². The topological polar surface area (TPSA) is 102 Å². The summed E-state index contributed by atoms with van der Waals surface area (Å²) in [7, 11) is 1.53. The second-order valence-corrected chi connectivity index (χ2v) is 6.48. The van der Waals surface area contributed by atoms with Gasteiger partial charge in [0.15, 0.2) is 0 Å². The zero-order valence-electron chi connectivity index (χ0n) is 15.6. The lowest BCUT2D eigenvalue weighted by Gasteiger charge is -2.08. The van der Waals surface area contributed by atoms with E-state index in [1.165, 1.54) is 17.3 Å². The van der Waals surface area contributed by atoms with Gasteiger partial charge < -0.3 is 10.4 Å². The number of rotatable bonds is 5. The van der Waals surface area contributed by atoms with E-state index < -0.39 is 11.9 Å². The van der Waals surface area contributed by atoms with Gasteiger partial charge in [-0.2, -0.15) is 10.2 Å². The van der Waals surface area contributed by atoms with E-state index in [0.717, 1.165) is 17.5 Å². The molecule has 2 heterocycles. The van der Waals surface area contributed by atoms with Gasteiger partial charge in [-0.15, -0.1) is 0 Å². The summed E-state index contributed by atoms with van der Waals surface area (Å²) < 4.78 is 3.07. The van der Waals surface area contributed by atoms with E-state index in [2.05, 4.69) is 15.5 Å². The monoisotopic (exact) mass is 367 g/mol. The molecule has 27 heavy (non-hydrogen) atoms. The number of carboxylic acids is 1. The predicted octanol–water partition coefficient (Wildman–Crippen LogP) is 2.54. The van der Waals surface area contributed by atoms with Crippen LogP contribution in [0.25, 0.3) is 0 Å². The Hall–Kier alpha value is -3.42. The van der Waals surface area contributed by atoms with Crippen LogP contribution in [0.15, 0.2) is 30.5 Å². The fourth-order valence-corrected chi connectivity index (χ4v) is 2.93. The van der Waals surface area contributed by atoms with Gasteiger partial charge in [0.25, 0.3) is 5.91 Å². The van der Waals surface area contributed by atoms with Crippen LogP contribution in [0, 0.1) is 20.8 Å². The number of aromatic carboxylic acids is 1. The number of nitrogens with one attached hydrogen (secondary N) is 1. The number of hydrogen-bond donors (Lipinski definition) is 2. The molecule has 0 atom stereocenters. The quantitative estimate of drug-likeness (QED) is 0.721. The Morgan fingerprint density at radius 3 is 2.44 bits per heavy atom. The maximum Gasteiger partial charge on any atom is 0.339 e. The van der Waals surface area contributed by atoms with Crippen molar-refractivity contribution in [2.75, 3.05) is 5.32 Å². The number of benzene rings is 1. The first-order valence-corrected chi connectivity index (χ1v) is 8.44. The lowest BCUT2D eigenvalue weighted by atomic mass is 10.1. The minimum Gasteiger partial charge on any atom is -0.478 e. The van der Waals surface area contributed by atoms with Gasteiger partial charge in [-0.1, -0.05) is 29.8 Å². The van der Waals surface area contributed by atoms with Crippen molar-refractivity contribution in [2.24, 2.45) is 7.05 Å². The number of anilines is 1. The van der Waals surface area contributed by atoms with Gasteiger partial charge in [-0.05, 0) is 26.3 Å². The zero-order chi connectivity index (χ0) is 19.7. The van der Waals surface area contributed by atoms with E-state index in [1.807, 2.05) is 42.8 Å². The second-order valence-electron chi connectivity index (χ2n) is 6.48. The van der Waals surface area contributed by atoms with Crippen LogP contribution >= 0.6 is 0 Å². The number of carbonyl (C=O) groups excluding carboxylic acids is 1. The van der Waals surface area contributed by atoms with E-state index in [9.17, 15) is 14.7 Å². The van der Waals surface area contributed by atoms with Crippen LogP contribution in [0.2, 0.25) is 0 Å². The molecule has 0 saturated heterocycles. The summed E-state index contributed by atoms with van der Waals surface area (Å²) in [5, 5.41) is 20.4. The number of nitrogens with zero attached hydrogens (tertiary/aromatic N) is 4. The lowest BCUT2D eigenvalue weighted by molar-refractivity contribution is 0.0692. The second kappa shape index (κ2) is 7.06. The Kier molecular flexibility index (Phi) is 4.81. The smallest absolute Gasteiger partial charge is 0.339 e. The maximum absolute atomic E-state index is 12.7. The standard InChI is InChI=1S/C19H21N5O3/c1-11-5-7-14(8-6-11)10-24-13(3)16(12(2)22-24)21-18(25)17-15(19(26)27)9-20-23(17)4/h5-9H,10H2,1-4H3,(H,21,25)(H,26,27). The summed E-state index contributed by atoms with van der Waals surface area (Å²) in [6.07, 6.45) is 1.16. The van der Waals surface area contributed by atoms with Crippen molar-refractivity contribution in [3.8, 4) is 0 Å². The Morgan fingerprint density at radius 2 is 1.81 bits per heavy atom. The number of aromatic nitrogens is 4. The van der Waals surface area contributed by atoms with Crippen molar-refractivity contribution in [1.29, 1.82) is 0 Å². The average Bonchev–Trinajstić information content (AvgIpc) is 3.12. The van der Waals surface area contributed by atoms with E-state index in [1.54, 1.807) is 6.92 Å². The van der Waals surface area contributed by atoms with Crippen LogP contribution in [-0.4, -0.2) is 36.5 Å². The maximum atomic E-state index is 12.7. The molecule has 2 aromatic heterocycles. The minimum atomic E-state index is -1.20. The van der Waals surface area contributed by atoms with Gasteiger partial charge >= 0.3 is 5.97 Å². The van der Waals surface area contributed by atoms with Crippen molar-refractivity contribution in [1.82, 2.24) is 19.6 Å². The van der Waals surface area contributed by atoms with Crippen molar-refractivity contribution in [3.63, 3.8) is 0 Å². The summed E-state index contributed by atoms with van der Waals surface area (Å²) in [5.41, 5.74) is 4.16. The highest BCUT2D eigenvalue weighted by molar-refractivity contribution is 6.09. The minimum absolute atomic E-state index is 0.00687. The van der Waals surface area contributed by atoms with Gasteiger partial charge in [0.2, 0.25) is 0 Å². The van der Waals surface area contributed by atoms with Crippen molar-refractivity contribution in [3.05, 3.63) is 64.2 Å². The third-order valence-corrected chi connectivity index (χ3v) is 4.46. The Balaban J connectivity index is 1.87. The summed E-state index contributed by atoms with van der Waals surface area (Å²) in [5.74, 6) is -1.73. The fraction of sp³-hybridized carbons (Fsp3) is 0.263. The third-order valence-electron chi connectivity index (χ3n) is 4.46. The van der Waals surface area contributed by atoms with Gasteiger partial charge in [0, 0.05) is 7.05 Å². The average molecular weight is 367 g/mol. The summed E-state index contributed by atoms with van der Waals surface area (Å²) in [6, 6.07) is 8.16. The lowest BCUT2D eigenvalue weighted by Crippen LogP contribution is -2.20. The Bertz CT molecular complexity index is 1010. The molecule has 8 heteroatoms. The summed E-state index contributed by atoms with van der Waals surface area (Å²) >= 11 is 0. The largest absolute Gasteiger partial charge is 0.478 e. The molecule has 0 aliphatic heterocycles. The normalized spacial score (nSPS) is 10.8. The molecule has 2 N–H and O–H groups in total. The van der Waals surface area contributed by atoms with E-state index in [-0.39, 0.29) is 11.3 Å². The molecule has 0 unspecified atom stereocenters. The Labute approximate surface area is 156 Å². The molecule has 0 fully saturated rings. The molecule has 0 bridgehead atoms. The molecule has 3 aromatic rings. The molecule has 140 valence electrons. The number of hydrogen-bond acceptors (Lipinski definition) is 4. The molecule has 0 spiro atoms. The molecule has 3 rings (SSSR count). The zero-order valence-corrected chi connectivity index (χ0v) is 15.6. The molecule has 0 saturated carbocycles. The van der Waals surface area contributed by atoms with Crippen molar-refractivity contribution < 1.29 is 14.7 Å². The molecule has 1 aromatic carbocycles. The molecule has 1 amide bonds. The SMILES string of the molecule is Cc1ccc(Cn2nc(C)c(NC(=O)c3c(C(=O)O)cnn3C)c2C)cc1. The first-order chi connectivity index (χ1) is 12.8. The third kappa shape index (κ3) is 3.59. The highest BCUT2D eigenvalue weighted by Crippen LogP contribution is 2.22. The Morgan fingerprint density at radius 1 is 1.15 bits per heavy atom. The van der Waals surface area contributed by atoms with E-state index in [4.69, 9.17) is 0 Å². The van der Waals surface area contributed by atoms with E-state index >= 15 is 0 Å². The molecular weight excluding hydrogens is 346 g/mol. The molecular formula is C19H21N5O3. The molecule has 0 aliphatic carbocycles. The van der Waals surface area contributed by atoms with Gasteiger partial charge in [0.1, 0.15) is 11.3 Å². The van der Waals surface area contributed by atoms with Gasteiger partial charge in [-0.3, -0.25) is 14.2 Å². The molecule has 8 nitrogen and oxygen atoms in total.